The second kappa shape index (κ2) is 6.60. The zero-order chi connectivity index (χ0) is 19.9. The summed E-state index contributed by atoms with van der Waals surface area (Å²) in [5, 5.41) is 11.8. The highest BCUT2D eigenvalue weighted by atomic mass is 16.5. The predicted octanol–water partition coefficient (Wildman–Crippen LogP) is 4.96. The largest absolute Gasteiger partial charge is 0.506 e. The first-order valence-corrected chi connectivity index (χ1v) is 9.00. The number of phenols is 1. The Morgan fingerprint density at radius 1 is 1.25 bits per heavy atom. The van der Waals surface area contributed by atoms with Crippen LogP contribution >= 0.6 is 0 Å². The van der Waals surface area contributed by atoms with E-state index in [1.807, 2.05) is 50.4 Å². The van der Waals surface area contributed by atoms with E-state index in [0.29, 0.717) is 11.3 Å². The van der Waals surface area contributed by atoms with Gasteiger partial charge in [0.25, 0.3) is 0 Å². The molecule has 2 N–H and O–H groups in total. The third-order valence-electron chi connectivity index (χ3n) is 4.76. The van der Waals surface area contributed by atoms with Crippen LogP contribution in [-0.4, -0.2) is 28.6 Å². The van der Waals surface area contributed by atoms with Gasteiger partial charge in [0.15, 0.2) is 5.78 Å². The number of ketones is 1. The lowest BCUT2D eigenvalue weighted by Crippen LogP contribution is -2.27. The van der Waals surface area contributed by atoms with Gasteiger partial charge < -0.3 is 19.6 Å². The summed E-state index contributed by atoms with van der Waals surface area (Å²) >= 11 is 0. The van der Waals surface area contributed by atoms with Crippen molar-refractivity contribution in [3.8, 4) is 17.2 Å². The number of benzene rings is 2. The number of aromatic amines is 1. The maximum absolute atomic E-state index is 12.8. The summed E-state index contributed by atoms with van der Waals surface area (Å²) in [4.78, 5) is 16.0. The number of hydrogen-bond donors (Lipinski definition) is 2. The minimum absolute atomic E-state index is 0.119. The molecule has 0 saturated heterocycles. The number of aromatic nitrogens is 1. The molecular weight excluding hydrogens is 354 g/mol. The molecule has 0 atom stereocenters. The van der Waals surface area contributed by atoms with Gasteiger partial charge in [-0.25, -0.2) is 0 Å². The van der Waals surface area contributed by atoms with Crippen molar-refractivity contribution in [2.24, 2.45) is 0 Å². The lowest BCUT2D eigenvalue weighted by atomic mass is 9.97. The molecule has 28 heavy (non-hydrogen) atoms. The molecule has 0 amide bonds. The third kappa shape index (κ3) is 3.16. The molecule has 4 rings (SSSR count). The van der Waals surface area contributed by atoms with Crippen molar-refractivity contribution in [1.29, 1.82) is 0 Å². The molecule has 1 aromatic heterocycles. The molecule has 0 aliphatic carbocycles. The number of methoxy groups -OCH3 is 1. The average molecular weight is 375 g/mol. The summed E-state index contributed by atoms with van der Waals surface area (Å²) in [6.45, 7) is 3.83. The molecular formula is C23H21NO4. The van der Waals surface area contributed by atoms with Crippen molar-refractivity contribution in [3.63, 3.8) is 0 Å². The van der Waals surface area contributed by atoms with Gasteiger partial charge in [0, 0.05) is 17.8 Å². The number of carbonyl (C=O) groups excluding carboxylic acids is 1. The number of ether oxygens (including phenoxy) is 2. The Bertz CT molecular complexity index is 1130. The summed E-state index contributed by atoms with van der Waals surface area (Å²) in [6.07, 6.45) is 8.65. The lowest BCUT2D eigenvalue weighted by Gasteiger charge is -2.29. The fourth-order valence-corrected chi connectivity index (χ4v) is 3.31. The molecule has 5 heteroatoms. The molecule has 0 saturated carbocycles. The van der Waals surface area contributed by atoms with Crippen LogP contribution in [0.4, 0.5) is 0 Å². The van der Waals surface area contributed by atoms with Gasteiger partial charge in [-0.1, -0.05) is 12.1 Å². The Morgan fingerprint density at radius 3 is 2.86 bits per heavy atom. The van der Waals surface area contributed by atoms with Crippen molar-refractivity contribution >= 4 is 28.8 Å². The molecule has 0 radical (unpaired) electrons. The second-order valence-electron chi connectivity index (χ2n) is 7.28. The first-order valence-electron chi connectivity index (χ1n) is 9.00. The number of H-pyrrole nitrogens is 1. The van der Waals surface area contributed by atoms with Crippen LogP contribution in [0.2, 0.25) is 0 Å². The summed E-state index contributed by atoms with van der Waals surface area (Å²) in [5.74, 6) is 0.278. The highest BCUT2D eigenvalue weighted by Crippen LogP contribution is 2.43. The fourth-order valence-electron chi connectivity index (χ4n) is 3.31. The minimum Gasteiger partial charge on any atom is -0.506 e. The number of fused-ring (bicyclic) bond motifs is 2. The SMILES string of the molecule is COc1cc2c(c(O)c1C(=O)/C=C/c1ccc3[nH]ccc3c1)C=CC(C)(C)O2. The summed E-state index contributed by atoms with van der Waals surface area (Å²) in [5.41, 5.74) is 2.03. The number of allylic oxidation sites excluding steroid dienone is 1. The van der Waals surface area contributed by atoms with Crippen molar-refractivity contribution in [3.05, 3.63) is 65.4 Å². The third-order valence-corrected chi connectivity index (χ3v) is 4.76. The van der Waals surface area contributed by atoms with Gasteiger partial charge in [-0.2, -0.15) is 0 Å². The van der Waals surface area contributed by atoms with Gasteiger partial charge in [0.1, 0.15) is 28.4 Å². The molecule has 142 valence electrons. The number of rotatable bonds is 4. The molecule has 0 spiro atoms. The highest BCUT2D eigenvalue weighted by molar-refractivity contribution is 6.11. The summed E-state index contributed by atoms with van der Waals surface area (Å²) in [6, 6.07) is 9.48. The van der Waals surface area contributed by atoms with E-state index in [-0.39, 0.29) is 22.8 Å². The van der Waals surface area contributed by atoms with Gasteiger partial charge in [0.2, 0.25) is 0 Å². The van der Waals surface area contributed by atoms with E-state index in [4.69, 9.17) is 9.47 Å². The van der Waals surface area contributed by atoms with Crippen molar-refractivity contribution in [2.45, 2.75) is 19.4 Å². The van der Waals surface area contributed by atoms with Crippen LogP contribution in [-0.2, 0) is 0 Å². The molecule has 0 fully saturated rings. The number of phenolic OH excluding ortho intramolecular Hbond substituents is 1. The summed E-state index contributed by atoms with van der Waals surface area (Å²) in [7, 11) is 1.46. The topological polar surface area (TPSA) is 71.5 Å². The Balaban J connectivity index is 1.70. The highest BCUT2D eigenvalue weighted by Gasteiger charge is 2.28. The molecule has 1 aliphatic rings. The van der Waals surface area contributed by atoms with Gasteiger partial charge in [-0.05, 0) is 61.2 Å². The molecule has 5 nitrogen and oxygen atoms in total. The Hall–Kier alpha value is -3.47. The molecule has 0 bridgehead atoms. The Kier molecular flexibility index (Phi) is 4.23. The number of nitrogens with one attached hydrogen (secondary N) is 1. The van der Waals surface area contributed by atoms with Gasteiger partial charge in [-0.15, -0.1) is 0 Å². The first kappa shape index (κ1) is 17.9. The molecule has 1 aliphatic heterocycles. The smallest absolute Gasteiger partial charge is 0.193 e. The molecule has 2 aromatic carbocycles. The lowest BCUT2D eigenvalue weighted by molar-refractivity contribution is 0.104. The number of aromatic hydroxyl groups is 1. The van der Waals surface area contributed by atoms with Crippen LogP contribution in [0.3, 0.4) is 0 Å². The normalized spacial score (nSPS) is 14.8. The zero-order valence-corrected chi connectivity index (χ0v) is 15.9. The van der Waals surface area contributed by atoms with Gasteiger partial charge in [-0.3, -0.25) is 4.79 Å². The van der Waals surface area contributed by atoms with Crippen LogP contribution in [0.15, 0.2) is 48.7 Å². The van der Waals surface area contributed by atoms with Crippen LogP contribution in [0.5, 0.6) is 17.2 Å². The number of carbonyl (C=O) groups is 1. The van der Waals surface area contributed by atoms with E-state index < -0.39 is 5.60 Å². The maximum atomic E-state index is 12.8. The molecule has 3 aromatic rings. The maximum Gasteiger partial charge on any atom is 0.193 e. The van der Waals surface area contributed by atoms with E-state index >= 15 is 0 Å². The monoisotopic (exact) mass is 375 g/mol. The first-order chi connectivity index (χ1) is 13.4. The van der Waals surface area contributed by atoms with E-state index in [1.165, 1.54) is 13.2 Å². The van der Waals surface area contributed by atoms with Crippen LogP contribution in [0, 0.1) is 0 Å². The van der Waals surface area contributed by atoms with Crippen molar-refractivity contribution < 1.29 is 19.4 Å². The van der Waals surface area contributed by atoms with Crippen LogP contribution < -0.4 is 9.47 Å². The van der Waals surface area contributed by atoms with E-state index in [0.717, 1.165) is 16.5 Å². The van der Waals surface area contributed by atoms with Gasteiger partial charge >= 0.3 is 0 Å². The van der Waals surface area contributed by atoms with Crippen molar-refractivity contribution in [1.82, 2.24) is 4.98 Å². The predicted molar refractivity (Wildman–Crippen MR) is 110 cm³/mol. The quantitative estimate of drug-likeness (QED) is 0.499. The molecule has 2 heterocycles. The second-order valence-corrected chi connectivity index (χ2v) is 7.28. The fraction of sp³-hybridized carbons (Fsp3) is 0.174. The standard InChI is InChI=1S/C23H21NO4/c1-23(2)10-8-16-19(28-23)13-20(27-3)21(22(16)26)18(25)7-5-14-4-6-17-15(12-14)9-11-24-17/h4-13,24,26H,1-3H3/b7-5+. The van der Waals surface area contributed by atoms with Crippen molar-refractivity contribution in [2.75, 3.05) is 7.11 Å². The minimum atomic E-state index is -0.493. The van der Waals surface area contributed by atoms with E-state index in [1.54, 1.807) is 18.2 Å². The summed E-state index contributed by atoms with van der Waals surface area (Å²) < 4.78 is 11.2. The average Bonchev–Trinajstić information content (AvgIpc) is 3.12. The Morgan fingerprint density at radius 2 is 2.07 bits per heavy atom. The van der Waals surface area contributed by atoms with Gasteiger partial charge in [0.05, 0.1) is 12.7 Å². The number of hydrogen-bond acceptors (Lipinski definition) is 4. The Labute approximate surface area is 162 Å². The molecule has 0 unspecified atom stereocenters. The van der Waals surface area contributed by atoms with Crippen LogP contribution in [0.1, 0.15) is 35.3 Å². The van der Waals surface area contributed by atoms with E-state index in [9.17, 15) is 9.90 Å². The van der Waals surface area contributed by atoms with Crippen LogP contribution in [0.25, 0.3) is 23.1 Å². The zero-order valence-electron chi connectivity index (χ0n) is 15.9. The van der Waals surface area contributed by atoms with E-state index in [2.05, 4.69) is 4.98 Å².